The Bertz CT molecular complexity index is 740. The summed E-state index contributed by atoms with van der Waals surface area (Å²) in [7, 11) is 0. The van der Waals surface area contributed by atoms with E-state index in [0.717, 1.165) is 18.4 Å². The highest BCUT2D eigenvalue weighted by Crippen LogP contribution is 2.50. The van der Waals surface area contributed by atoms with Gasteiger partial charge in [0, 0.05) is 25.0 Å². The molecule has 2 aromatic carbocycles. The average molecular weight is 324 g/mol. The van der Waals surface area contributed by atoms with Gasteiger partial charge in [-0.3, -0.25) is 4.79 Å². The molecule has 0 spiro atoms. The fourth-order valence-electron chi connectivity index (χ4n) is 3.87. The van der Waals surface area contributed by atoms with Gasteiger partial charge in [0.2, 0.25) is 5.91 Å². The topological polar surface area (TPSA) is 46.3 Å². The van der Waals surface area contributed by atoms with Crippen LogP contribution in [0.15, 0.2) is 54.6 Å². The first kappa shape index (κ1) is 15.3. The maximum absolute atomic E-state index is 13.2. The van der Waals surface area contributed by atoms with E-state index in [4.69, 9.17) is 5.73 Å². The summed E-state index contributed by atoms with van der Waals surface area (Å²) >= 11 is 0. The number of hydrogen-bond acceptors (Lipinski definition) is 2. The summed E-state index contributed by atoms with van der Waals surface area (Å²) in [6.45, 7) is 1.24. The Morgan fingerprint density at radius 3 is 2.33 bits per heavy atom. The third-order valence-corrected chi connectivity index (χ3v) is 5.44. The molecule has 2 aliphatic rings. The first-order chi connectivity index (χ1) is 11.6. The second-order valence-corrected chi connectivity index (χ2v) is 6.98. The third-order valence-electron chi connectivity index (χ3n) is 5.44. The fourth-order valence-corrected chi connectivity index (χ4v) is 3.87. The van der Waals surface area contributed by atoms with Crippen molar-refractivity contribution in [2.75, 3.05) is 13.1 Å². The van der Waals surface area contributed by atoms with E-state index in [1.807, 2.05) is 23.1 Å². The number of amides is 1. The lowest BCUT2D eigenvalue weighted by molar-refractivity contribution is -0.133. The van der Waals surface area contributed by atoms with E-state index in [1.165, 1.54) is 17.7 Å². The lowest BCUT2D eigenvalue weighted by atomic mass is 9.94. The lowest BCUT2D eigenvalue weighted by Crippen LogP contribution is -2.39. The van der Waals surface area contributed by atoms with E-state index in [1.54, 1.807) is 12.1 Å². The smallest absolute Gasteiger partial charge is 0.233 e. The highest BCUT2D eigenvalue weighted by atomic mass is 19.1. The first-order valence-corrected chi connectivity index (χ1v) is 8.46. The van der Waals surface area contributed by atoms with Gasteiger partial charge in [-0.05, 0) is 36.1 Å². The van der Waals surface area contributed by atoms with Crippen molar-refractivity contribution < 1.29 is 9.18 Å². The molecule has 1 aliphatic heterocycles. The molecule has 1 amide bonds. The minimum atomic E-state index is -0.459. The molecule has 4 rings (SSSR count). The van der Waals surface area contributed by atoms with Crippen LogP contribution in [0.25, 0.3) is 0 Å². The first-order valence-electron chi connectivity index (χ1n) is 8.46. The van der Waals surface area contributed by atoms with Gasteiger partial charge in [0.15, 0.2) is 0 Å². The van der Waals surface area contributed by atoms with Gasteiger partial charge in [0.05, 0.1) is 5.41 Å². The standard InChI is InChI=1S/C20H21FN2O/c21-16-8-6-15(7-9-16)20(10-11-20)19(24)23-12-17(18(22)13-23)14-4-2-1-3-5-14/h1-9,17-18H,10-13,22H2/t17-,18+/m0/s1. The van der Waals surface area contributed by atoms with Crippen molar-refractivity contribution in [2.24, 2.45) is 5.73 Å². The summed E-state index contributed by atoms with van der Waals surface area (Å²) in [5.41, 5.74) is 7.97. The SMILES string of the molecule is N[C@@H]1CN(C(=O)C2(c3ccc(F)cc3)CC2)C[C@H]1c1ccccc1. The second kappa shape index (κ2) is 5.71. The Morgan fingerprint density at radius 2 is 1.71 bits per heavy atom. The molecule has 0 radical (unpaired) electrons. The molecule has 24 heavy (non-hydrogen) atoms. The summed E-state index contributed by atoms with van der Waals surface area (Å²) in [6, 6.07) is 16.5. The van der Waals surface area contributed by atoms with Crippen LogP contribution in [0.1, 0.15) is 29.9 Å². The van der Waals surface area contributed by atoms with Crippen molar-refractivity contribution >= 4 is 5.91 Å². The van der Waals surface area contributed by atoms with E-state index < -0.39 is 5.41 Å². The Kier molecular flexibility index (Phi) is 3.65. The molecule has 1 saturated heterocycles. The van der Waals surface area contributed by atoms with Gasteiger partial charge in [-0.15, -0.1) is 0 Å². The fraction of sp³-hybridized carbons (Fsp3) is 0.350. The van der Waals surface area contributed by atoms with Gasteiger partial charge in [0.25, 0.3) is 0 Å². The molecule has 2 fully saturated rings. The van der Waals surface area contributed by atoms with Crippen molar-refractivity contribution in [3.05, 3.63) is 71.5 Å². The molecule has 2 aromatic rings. The molecule has 1 saturated carbocycles. The largest absolute Gasteiger partial charge is 0.340 e. The molecule has 0 unspecified atom stereocenters. The number of likely N-dealkylation sites (tertiary alicyclic amines) is 1. The summed E-state index contributed by atoms with van der Waals surface area (Å²) < 4.78 is 13.2. The molecule has 0 bridgehead atoms. The zero-order valence-corrected chi connectivity index (χ0v) is 13.5. The number of hydrogen-bond donors (Lipinski definition) is 1. The maximum atomic E-state index is 13.2. The summed E-state index contributed by atoms with van der Waals surface area (Å²) in [5, 5.41) is 0. The van der Waals surface area contributed by atoms with E-state index in [2.05, 4.69) is 12.1 Å². The number of benzene rings is 2. The molecule has 124 valence electrons. The average Bonchev–Trinajstić information content (AvgIpc) is 3.32. The number of nitrogens with zero attached hydrogens (tertiary/aromatic N) is 1. The summed E-state index contributed by atoms with van der Waals surface area (Å²) in [5.74, 6) is 0.0523. The highest BCUT2D eigenvalue weighted by molar-refractivity contribution is 5.91. The van der Waals surface area contributed by atoms with Crippen LogP contribution in [0.4, 0.5) is 4.39 Å². The van der Waals surface area contributed by atoms with Crippen LogP contribution in [0.5, 0.6) is 0 Å². The Labute approximate surface area is 141 Å². The monoisotopic (exact) mass is 324 g/mol. The quantitative estimate of drug-likeness (QED) is 0.944. The normalized spacial score (nSPS) is 24.8. The maximum Gasteiger partial charge on any atom is 0.233 e. The molecule has 1 heterocycles. The van der Waals surface area contributed by atoms with E-state index in [0.29, 0.717) is 13.1 Å². The van der Waals surface area contributed by atoms with Crippen LogP contribution >= 0.6 is 0 Å². The summed E-state index contributed by atoms with van der Waals surface area (Å²) in [4.78, 5) is 15.0. The van der Waals surface area contributed by atoms with E-state index >= 15 is 0 Å². The molecule has 4 heteroatoms. The predicted octanol–water partition coefficient (Wildman–Crippen LogP) is 2.81. The zero-order valence-electron chi connectivity index (χ0n) is 13.5. The molecule has 1 aliphatic carbocycles. The zero-order chi connectivity index (χ0) is 16.7. The highest BCUT2D eigenvalue weighted by Gasteiger charge is 2.54. The number of carbonyl (C=O) groups excluding carboxylic acids is 1. The van der Waals surface area contributed by atoms with Crippen LogP contribution in [-0.2, 0) is 10.2 Å². The number of nitrogens with two attached hydrogens (primary N) is 1. The third kappa shape index (κ3) is 2.51. The Hall–Kier alpha value is -2.20. The van der Waals surface area contributed by atoms with Gasteiger partial charge in [0.1, 0.15) is 5.82 Å². The van der Waals surface area contributed by atoms with Crippen LogP contribution in [0.3, 0.4) is 0 Å². The summed E-state index contributed by atoms with van der Waals surface area (Å²) in [6.07, 6.45) is 1.67. The van der Waals surface area contributed by atoms with E-state index in [-0.39, 0.29) is 23.7 Å². The van der Waals surface area contributed by atoms with Crippen molar-refractivity contribution in [2.45, 2.75) is 30.2 Å². The van der Waals surface area contributed by atoms with Crippen molar-refractivity contribution in [1.29, 1.82) is 0 Å². The molecule has 3 nitrogen and oxygen atoms in total. The van der Waals surface area contributed by atoms with Crippen molar-refractivity contribution in [3.8, 4) is 0 Å². The van der Waals surface area contributed by atoms with Gasteiger partial charge in [-0.25, -0.2) is 4.39 Å². The second-order valence-electron chi connectivity index (χ2n) is 6.98. The van der Waals surface area contributed by atoms with Crippen LogP contribution in [0.2, 0.25) is 0 Å². The molecule has 0 aromatic heterocycles. The Morgan fingerprint density at radius 1 is 1.04 bits per heavy atom. The van der Waals surface area contributed by atoms with Gasteiger partial charge in [-0.1, -0.05) is 42.5 Å². The van der Waals surface area contributed by atoms with Crippen LogP contribution in [-0.4, -0.2) is 29.9 Å². The minimum absolute atomic E-state index is 0.0413. The molecular formula is C20H21FN2O. The minimum Gasteiger partial charge on any atom is -0.340 e. The lowest BCUT2D eigenvalue weighted by Gasteiger charge is -2.23. The number of halogens is 1. The van der Waals surface area contributed by atoms with Crippen LogP contribution < -0.4 is 5.73 Å². The number of carbonyl (C=O) groups is 1. The molecule has 2 atom stereocenters. The van der Waals surface area contributed by atoms with Crippen molar-refractivity contribution in [3.63, 3.8) is 0 Å². The Balaban J connectivity index is 1.54. The molecular weight excluding hydrogens is 303 g/mol. The molecule has 2 N–H and O–H groups in total. The van der Waals surface area contributed by atoms with Gasteiger partial charge in [-0.2, -0.15) is 0 Å². The predicted molar refractivity (Wildman–Crippen MR) is 91.1 cm³/mol. The van der Waals surface area contributed by atoms with Gasteiger partial charge >= 0.3 is 0 Å². The van der Waals surface area contributed by atoms with E-state index in [9.17, 15) is 9.18 Å². The van der Waals surface area contributed by atoms with Crippen molar-refractivity contribution in [1.82, 2.24) is 4.90 Å². The van der Waals surface area contributed by atoms with Crippen LogP contribution in [0, 0.1) is 5.82 Å². The van der Waals surface area contributed by atoms with Gasteiger partial charge < -0.3 is 10.6 Å². The number of rotatable bonds is 3.